The first-order chi connectivity index (χ1) is 6.82. The van der Waals surface area contributed by atoms with E-state index in [2.05, 4.69) is 24.5 Å². The predicted octanol–water partition coefficient (Wildman–Crippen LogP) is 0.753. The monoisotopic (exact) mass is 198 g/mol. The molecule has 3 nitrogen and oxygen atoms in total. The largest absolute Gasteiger partial charge is 0.369 e. The summed E-state index contributed by atoms with van der Waals surface area (Å²) in [7, 11) is 0. The van der Waals surface area contributed by atoms with Crippen molar-refractivity contribution >= 4 is 0 Å². The van der Waals surface area contributed by atoms with Crippen LogP contribution in [0.3, 0.4) is 0 Å². The van der Waals surface area contributed by atoms with E-state index in [0.29, 0.717) is 6.04 Å². The lowest BCUT2D eigenvalue weighted by atomic mass is 9.77. The molecular weight excluding hydrogens is 176 g/mol. The van der Waals surface area contributed by atoms with E-state index in [4.69, 9.17) is 4.74 Å². The van der Waals surface area contributed by atoms with E-state index in [9.17, 15) is 0 Å². The molecule has 0 aromatic heterocycles. The number of hydrogen-bond donors (Lipinski definition) is 2. The quantitative estimate of drug-likeness (QED) is 0.702. The molecule has 2 heterocycles. The van der Waals surface area contributed by atoms with Gasteiger partial charge >= 0.3 is 0 Å². The summed E-state index contributed by atoms with van der Waals surface area (Å²) < 4.78 is 5.97. The van der Waals surface area contributed by atoms with Crippen LogP contribution in [0.4, 0.5) is 0 Å². The summed E-state index contributed by atoms with van der Waals surface area (Å²) in [5.74, 6) is 0.761. The third kappa shape index (κ3) is 1.58. The molecule has 0 saturated carbocycles. The van der Waals surface area contributed by atoms with Gasteiger partial charge in [-0.3, -0.25) is 0 Å². The van der Waals surface area contributed by atoms with Gasteiger partial charge in [-0.05, 0) is 5.92 Å². The minimum Gasteiger partial charge on any atom is -0.369 e. The highest BCUT2D eigenvalue weighted by molar-refractivity contribution is 5.07. The van der Waals surface area contributed by atoms with E-state index in [0.717, 1.165) is 32.2 Å². The molecule has 0 radical (unpaired) electrons. The molecule has 14 heavy (non-hydrogen) atoms. The molecule has 0 aliphatic carbocycles. The molecule has 2 aliphatic heterocycles. The molecule has 0 aromatic carbocycles. The molecule has 0 aromatic rings. The minimum absolute atomic E-state index is 0.120. The normalized spacial score (nSPS) is 30.6. The predicted molar refractivity (Wildman–Crippen MR) is 57.4 cm³/mol. The van der Waals surface area contributed by atoms with Crippen LogP contribution >= 0.6 is 0 Å². The molecule has 2 rings (SSSR count). The van der Waals surface area contributed by atoms with Gasteiger partial charge in [0.2, 0.25) is 0 Å². The maximum Gasteiger partial charge on any atom is 0.108 e. The van der Waals surface area contributed by atoms with Crippen molar-refractivity contribution in [3.05, 3.63) is 0 Å². The van der Waals surface area contributed by atoms with Gasteiger partial charge in [-0.15, -0.1) is 0 Å². The fourth-order valence-corrected chi connectivity index (χ4v) is 2.79. The first-order valence-electron chi connectivity index (χ1n) is 5.90. The van der Waals surface area contributed by atoms with Crippen molar-refractivity contribution in [2.75, 3.05) is 26.2 Å². The minimum atomic E-state index is 0.120. The lowest BCUT2D eigenvalue weighted by molar-refractivity contribution is -0.139. The first-order valence-corrected chi connectivity index (χ1v) is 5.90. The maximum atomic E-state index is 5.97. The average molecular weight is 198 g/mol. The average Bonchev–Trinajstić information content (AvgIpc) is 2.18. The summed E-state index contributed by atoms with van der Waals surface area (Å²) in [5, 5.41) is 6.99. The van der Waals surface area contributed by atoms with Gasteiger partial charge < -0.3 is 15.4 Å². The third-order valence-electron chi connectivity index (χ3n) is 3.79. The molecule has 82 valence electrons. The Morgan fingerprint density at radius 3 is 2.57 bits per heavy atom. The van der Waals surface area contributed by atoms with E-state index in [1.165, 1.54) is 12.8 Å². The van der Waals surface area contributed by atoms with Crippen molar-refractivity contribution in [2.45, 2.75) is 38.3 Å². The molecule has 2 N–H and O–H groups in total. The van der Waals surface area contributed by atoms with E-state index < -0.39 is 0 Å². The first kappa shape index (κ1) is 10.4. The number of morpholine rings is 1. The van der Waals surface area contributed by atoms with E-state index >= 15 is 0 Å². The fraction of sp³-hybridized carbons (Fsp3) is 1.00. The number of ether oxygens (including phenoxy) is 1. The molecule has 1 unspecified atom stereocenters. The zero-order valence-electron chi connectivity index (χ0n) is 9.31. The second-order valence-electron chi connectivity index (χ2n) is 4.53. The Kier molecular flexibility index (Phi) is 3.10. The van der Waals surface area contributed by atoms with E-state index in [-0.39, 0.29) is 5.60 Å². The Morgan fingerprint density at radius 1 is 1.36 bits per heavy atom. The number of nitrogens with one attached hydrogen (secondary N) is 2. The topological polar surface area (TPSA) is 33.3 Å². The van der Waals surface area contributed by atoms with Gasteiger partial charge in [0, 0.05) is 25.7 Å². The molecule has 2 aliphatic rings. The van der Waals surface area contributed by atoms with Gasteiger partial charge in [0.25, 0.3) is 0 Å². The van der Waals surface area contributed by atoms with Crippen LogP contribution in [-0.4, -0.2) is 37.9 Å². The Balaban J connectivity index is 2.05. The Bertz CT molecular complexity index is 188. The summed E-state index contributed by atoms with van der Waals surface area (Å²) in [6, 6.07) is 0.562. The fourth-order valence-electron chi connectivity index (χ4n) is 2.79. The van der Waals surface area contributed by atoms with Crippen molar-refractivity contribution in [3.8, 4) is 0 Å². The van der Waals surface area contributed by atoms with E-state index in [1.807, 2.05) is 0 Å². The smallest absolute Gasteiger partial charge is 0.108 e. The van der Waals surface area contributed by atoms with Crippen LogP contribution < -0.4 is 10.6 Å². The van der Waals surface area contributed by atoms with Gasteiger partial charge in [0.15, 0.2) is 0 Å². The summed E-state index contributed by atoms with van der Waals surface area (Å²) in [5.41, 5.74) is 0.120. The molecular formula is C11H22N2O. The van der Waals surface area contributed by atoms with Crippen molar-refractivity contribution < 1.29 is 4.74 Å². The highest BCUT2D eigenvalue weighted by Crippen LogP contribution is 2.31. The van der Waals surface area contributed by atoms with Gasteiger partial charge in [-0.2, -0.15) is 0 Å². The summed E-state index contributed by atoms with van der Waals surface area (Å²) in [6.07, 6.45) is 2.50. The van der Waals surface area contributed by atoms with Crippen LogP contribution in [-0.2, 0) is 4.74 Å². The Hall–Kier alpha value is -0.120. The summed E-state index contributed by atoms with van der Waals surface area (Å²) in [6.45, 7) is 8.51. The summed E-state index contributed by atoms with van der Waals surface area (Å²) >= 11 is 0. The van der Waals surface area contributed by atoms with E-state index in [1.54, 1.807) is 0 Å². The highest BCUT2D eigenvalue weighted by Gasteiger charge is 2.49. The standard InChI is InChI=1S/C11H22N2O/c1-3-9(4-2)10-11(7-12-8-11)14-6-5-13-10/h9-10,12-13H,3-8H2,1-2H3. The highest BCUT2D eigenvalue weighted by atomic mass is 16.5. The second kappa shape index (κ2) is 4.17. The van der Waals surface area contributed by atoms with Gasteiger partial charge in [0.1, 0.15) is 5.60 Å². The van der Waals surface area contributed by atoms with Crippen molar-refractivity contribution in [1.82, 2.24) is 10.6 Å². The van der Waals surface area contributed by atoms with Crippen LogP contribution in [0.1, 0.15) is 26.7 Å². The van der Waals surface area contributed by atoms with Crippen LogP contribution in [0.25, 0.3) is 0 Å². The third-order valence-corrected chi connectivity index (χ3v) is 3.79. The van der Waals surface area contributed by atoms with Gasteiger partial charge in [-0.1, -0.05) is 26.7 Å². The molecule has 0 amide bonds. The lowest BCUT2D eigenvalue weighted by Gasteiger charge is -2.53. The van der Waals surface area contributed by atoms with Crippen LogP contribution in [0.5, 0.6) is 0 Å². The molecule has 2 fully saturated rings. The lowest BCUT2D eigenvalue weighted by Crippen LogP contribution is -2.74. The van der Waals surface area contributed by atoms with Crippen molar-refractivity contribution in [2.24, 2.45) is 5.92 Å². The van der Waals surface area contributed by atoms with Gasteiger partial charge in [-0.25, -0.2) is 0 Å². The van der Waals surface area contributed by atoms with Crippen molar-refractivity contribution in [3.63, 3.8) is 0 Å². The molecule has 3 heteroatoms. The van der Waals surface area contributed by atoms with Crippen LogP contribution in [0.15, 0.2) is 0 Å². The zero-order valence-corrected chi connectivity index (χ0v) is 9.31. The number of hydrogen-bond acceptors (Lipinski definition) is 3. The van der Waals surface area contributed by atoms with Gasteiger partial charge in [0.05, 0.1) is 6.61 Å². The molecule has 0 bridgehead atoms. The Morgan fingerprint density at radius 2 is 2.07 bits per heavy atom. The summed E-state index contributed by atoms with van der Waals surface area (Å²) in [4.78, 5) is 0. The SMILES string of the molecule is CCC(CC)C1NCCOC12CNC2. The second-order valence-corrected chi connectivity index (χ2v) is 4.53. The maximum absolute atomic E-state index is 5.97. The van der Waals surface area contributed by atoms with Crippen molar-refractivity contribution in [1.29, 1.82) is 0 Å². The molecule has 1 atom stereocenters. The number of rotatable bonds is 3. The van der Waals surface area contributed by atoms with Crippen LogP contribution in [0.2, 0.25) is 0 Å². The zero-order chi connectivity index (χ0) is 10.0. The van der Waals surface area contributed by atoms with Crippen LogP contribution in [0, 0.1) is 5.92 Å². The molecule has 1 spiro atoms. The Labute approximate surface area is 86.6 Å². The molecule has 2 saturated heterocycles.